The molecule has 0 unspecified atom stereocenters. The van der Waals surface area contributed by atoms with Crippen molar-refractivity contribution < 1.29 is 0 Å². The first-order valence-corrected chi connectivity index (χ1v) is 4.49. The molecule has 0 atom stereocenters. The first kappa shape index (κ1) is 9.78. The molecule has 2 nitrogen and oxygen atoms in total. The van der Waals surface area contributed by atoms with Crippen LogP contribution in [0, 0.1) is 6.92 Å². The van der Waals surface area contributed by atoms with Crippen molar-refractivity contribution in [3.63, 3.8) is 0 Å². The Hall–Kier alpha value is -1.31. The van der Waals surface area contributed by atoms with Crippen molar-refractivity contribution in [2.75, 3.05) is 11.9 Å². The number of nitrogens with zero attached hydrogens (tertiary/aromatic N) is 1. The second kappa shape index (κ2) is 4.65. The minimum atomic E-state index is 0.847. The molecule has 70 valence electrons. The van der Waals surface area contributed by atoms with Crippen LogP contribution in [0.15, 0.2) is 30.0 Å². The van der Waals surface area contributed by atoms with Gasteiger partial charge in [-0.3, -0.25) is 0 Å². The standard InChI is InChI=1S/C11H16N2/c1-9(2)6-8-13-11-10(3)5-4-7-12-11/h4-7H,8H2,1-3H3,(H,12,13). The fourth-order valence-electron chi connectivity index (χ4n) is 1.02. The molecule has 0 aliphatic carbocycles. The number of nitrogens with one attached hydrogen (secondary N) is 1. The number of aryl methyl sites for hydroxylation is 1. The van der Waals surface area contributed by atoms with E-state index in [1.165, 1.54) is 11.1 Å². The first-order valence-electron chi connectivity index (χ1n) is 4.49. The van der Waals surface area contributed by atoms with E-state index in [0.29, 0.717) is 0 Å². The lowest BCUT2D eigenvalue weighted by Crippen LogP contribution is -2.02. The number of hydrogen-bond acceptors (Lipinski definition) is 2. The minimum absolute atomic E-state index is 0.847. The maximum absolute atomic E-state index is 4.23. The van der Waals surface area contributed by atoms with Crippen LogP contribution in [-0.2, 0) is 0 Å². The third kappa shape index (κ3) is 3.28. The third-order valence-electron chi connectivity index (χ3n) is 1.79. The Morgan fingerprint density at radius 2 is 2.31 bits per heavy atom. The first-order chi connectivity index (χ1) is 6.20. The molecule has 1 aromatic rings. The summed E-state index contributed by atoms with van der Waals surface area (Å²) in [7, 11) is 0. The molecule has 0 aliphatic rings. The molecule has 0 saturated heterocycles. The van der Waals surface area contributed by atoms with Gasteiger partial charge in [-0.05, 0) is 32.4 Å². The van der Waals surface area contributed by atoms with Crippen molar-refractivity contribution in [3.05, 3.63) is 35.5 Å². The fourth-order valence-corrected chi connectivity index (χ4v) is 1.02. The summed E-state index contributed by atoms with van der Waals surface area (Å²) in [5.41, 5.74) is 2.51. The number of hydrogen-bond donors (Lipinski definition) is 1. The van der Waals surface area contributed by atoms with Crippen molar-refractivity contribution in [2.45, 2.75) is 20.8 Å². The van der Waals surface area contributed by atoms with Crippen LogP contribution < -0.4 is 5.32 Å². The molecule has 0 bridgehead atoms. The summed E-state index contributed by atoms with van der Waals surface area (Å²) in [6.45, 7) is 7.08. The van der Waals surface area contributed by atoms with Gasteiger partial charge in [0.05, 0.1) is 0 Å². The molecule has 13 heavy (non-hydrogen) atoms. The predicted molar refractivity (Wildman–Crippen MR) is 56.9 cm³/mol. The summed E-state index contributed by atoms with van der Waals surface area (Å²) in [6.07, 6.45) is 3.95. The molecule has 1 aromatic heterocycles. The number of aromatic nitrogens is 1. The van der Waals surface area contributed by atoms with Crippen LogP contribution in [0.1, 0.15) is 19.4 Å². The summed E-state index contributed by atoms with van der Waals surface area (Å²) in [6, 6.07) is 4.00. The molecule has 1 N–H and O–H groups in total. The van der Waals surface area contributed by atoms with E-state index < -0.39 is 0 Å². The van der Waals surface area contributed by atoms with Gasteiger partial charge in [0.1, 0.15) is 5.82 Å². The average Bonchev–Trinajstić information content (AvgIpc) is 2.08. The second-order valence-electron chi connectivity index (χ2n) is 3.33. The summed E-state index contributed by atoms with van der Waals surface area (Å²) >= 11 is 0. The highest BCUT2D eigenvalue weighted by Gasteiger charge is 1.94. The van der Waals surface area contributed by atoms with Gasteiger partial charge in [0.25, 0.3) is 0 Å². The number of allylic oxidation sites excluding steroid dienone is 1. The minimum Gasteiger partial charge on any atom is -0.366 e. The number of anilines is 1. The zero-order valence-corrected chi connectivity index (χ0v) is 8.46. The Morgan fingerprint density at radius 1 is 1.54 bits per heavy atom. The summed E-state index contributed by atoms with van der Waals surface area (Å²) in [4.78, 5) is 4.23. The third-order valence-corrected chi connectivity index (χ3v) is 1.79. The Labute approximate surface area is 79.7 Å². The van der Waals surface area contributed by atoms with Gasteiger partial charge < -0.3 is 5.32 Å². The predicted octanol–water partition coefficient (Wildman–Crippen LogP) is 2.77. The SMILES string of the molecule is CC(C)=CCNc1ncccc1C. The van der Waals surface area contributed by atoms with Gasteiger partial charge in [0.15, 0.2) is 0 Å². The normalized spacial score (nSPS) is 9.46. The van der Waals surface area contributed by atoms with Gasteiger partial charge in [-0.2, -0.15) is 0 Å². The van der Waals surface area contributed by atoms with Crippen molar-refractivity contribution >= 4 is 5.82 Å². The van der Waals surface area contributed by atoms with Crippen LogP contribution in [0.2, 0.25) is 0 Å². The van der Waals surface area contributed by atoms with Gasteiger partial charge in [-0.25, -0.2) is 4.98 Å². The molecule has 0 amide bonds. The topological polar surface area (TPSA) is 24.9 Å². The molecule has 1 rings (SSSR count). The van der Waals surface area contributed by atoms with Crippen LogP contribution in [0.4, 0.5) is 5.82 Å². The quantitative estimate of drug-likeness (QED) is 0.716. The highest BCUT2D eigenvalue weighted by molar-refractivity contribution is 5.42. The van der Waals surface area contributed by atoms with Gasteiger partial charge in [0.2, 0.25) is 0 Å². The zero-order valence-electron chi connectivity index (χ0n) is 8.46. The Kier molecular flexibility index (Phi) is 3.50. The van der Waals surface area contributed by atoms with E-state index in [1.54, 1.807) is 6.20 Å². The van der Waals surface area contributed by atoms with Crippen LogP contribution in [0.3, 0.4) is 0 Å². The summed E-state index contributed by atoms with van der Waals surface area (Å²) in [5.74, 6) is 0.972. The maximum atomic E-state index is 4.23. The van der Waals surface area contributed by atoms with E-state index >= 15 is 0 Å². The Morgan fingerprint density at radius 3 is 2.92 bits per heavy atom. The van der Waals surface area contributed by atoms with Gasteiger partial charge in [0, 0.05) is 12.7 Å². The van der Waals surface area contributed by atoms with Crippen molar-refractivity contribution in [1.29, 1.82) is 0 Å². The molecule has 0 radical (unpaired) electrons. The Bertz CT molecular complexity index is 299. The molecule has 0 saturated carbocycles. The van der Waals surface area contributed by atoms with Gasteiger partial charge >= 0.3 is 0 Å². The molecule has 0 spiro atoms. The van der Waals surface area contributed by atoms with Crippen LogP contribution in [0.25, 0.3) is 0 Å². The van der Waals surface area contributed by atoms with Crippen LogP contribution >= 0.6 is 0 Å². The molecule has 0 aliphatic heterocycles. The van der Waals surface area contributed by atoms with E-state index in [2.05, 4.69) is 43.2 Å². The largest absolute Gasteiger partial charge is 0.366 e. The molecule has 2 heteroatoms. The highest BCUT2D eigenvalue weighted by Crippen LogP contribution is 2.08. The van der Waals surface area contributed by atoms with Crippen LogP contribution in [0.5, 0.6) is 0 Å². The molecule has 0 aromatic carbocycles. The van der Waals surface area contributed by atoms with E-state index in [-0.39, 0.29) is 0 Å². The monoisotopic (exact) mass is 176 g/mol. The van der Waals surface area contributed by atoms with Crippen molar-refractivity contribution in [1.82, 2.24) is 4.98 Å². The lowest BCUT2D eigenvalue weighted by Gasteiger charge is -2.05. The van der Waals surface area contributed by atoms with E-state index in [0.717, 1.165) is 12.4 Å². The average molecular weight is 176 g/mol. The van der Waals surface area contributed by atoms with Gasteiger partial charge in [-0.1, -0.05) is 17.7 Å². The Balaban J connectivity index is 2.55. The molecular formula is C11H16N2. The van der Waals surface area contributed by atoms with E-state index in [9.17, 15) is 0 Å². The van der Waals surface area contributed by atoms with E-state index in [1.807, 2.05) is 6.07 Å². The highest BCUT2D eigenvalue weighted by atomic mass is 15.0. The molecule has 0 fully saturated rings. The zero-order chi connectivity index (χ0) is 9.68. The molecule has 1 heterocycles. The number of pyridine rings is 1. The van der Waals surface area contributed by atoms with Crippen molar-refractivity contribution in [3.8, 4) is 0 Å². The fraction of sp³-hybridized carbons (Fsp3) is 0.364. The van der Waals surface area contributed by atoms with Crippen LogP contribution in [-0.4, -0.2) is 11.5 Å². The lowest BCUT2D eigenvalue weighted by molar-refractivity contribution is 1.18. The number of rotatable bonds is 3. The second-order valence-corrected chi connectivity index (χ2v) is 3.33. The smallest absolute Gasteiger partial charge is 0.129 e. The lowest BCUT2D eigenvalue weighted by atomic mass is 10.3. The van der Waals surface area contributed by atoms with Gasteiger partial charge in [-0.15, -0.1) is 0 Å². The van der Waals surface area contributed by atoms with E-state index in [4.69, 9.17) is 0 Å². The summed E-state index contributed by atoms with van der Waals surface area (Å²) < 4.78 is 0. The molecular weight excluding hydrogens is 160 g/mol. The maximum Gasteiger partial charge on any atom is 0.129 e. The summed E-state index contributed by atoms with van der Waals surface area (Å²) in [5, 5.41) is 3.26. The van der Waals surface area contributed by atoms with Crippen molar-refractivity contribution in [2.24, 2.45) is 0 Å².